The van der Waals surface area contributed by atoms with Gasteiger partial charge in [0.05, 0.1) is 0 Å². The van der Waals surface area contributed by atoms with Gasteiger partial charge in [-0.05, 0) is 40.2 Å². The fourth-order valence-corrected chi connectivity index (χ4v) is 1.13. The van der Waals surface area contributed by atoms with E-state index in [9.17, 15) is 0 Å². The van der Waals surface area contributed by atoms with Crippen LogP contribution in [0, 0.1) is 0 Å². The molecule has 60 valence electrons. The summed E-state index contributed by atoms with van der Waals surface area (Å²) >= 11 is 1.21. The highest BCUT2D eigenvalue weighted by Gasteiger charge is 1.93. The molecule has 3 heteroatoms. The van der Waals surface area contributed by atoms with Gasteiger partial charge in [0.2, 0.25) is 0 Å². The van der Waals surface area contributed by atoms with Crippen molar-refractivity contribution < 1.29 is 0 Å². The smallest absolute Gasteiger partial charge is 0.321 e. The number of rotatable bonds is 5. The molecule has 0 saturated carbocycles. The first-order chi connectivity index (χ1) is 4.66. The van der Waals surface area contributed by atoms with Crippen LogP contribution in [0.25, 0.3) is 0 Å². The lowest BCUT2D eigenvalue weighted by Gasteiger charge is -2.16. The first-order valence-corrected chi connectivity index (χ1v) is 4.89. The van der Waals surface area contributed by atoms with Crippen LogP contribution in [0.1, 0.15) is 13.3 Å². The molecule has 0 aliphatic heterocycles. The van der Waals surface area contributed by atoms with Gasteiger partial charge in [-0.15, -0.1) is 0 Å². The van der Waals surface area contributed by atoms with Gasteiger partial charge in [-0.1, -0.05) is 6.92 Å². The third kappa shape index (κ3) is 6.57. The van der Waals surface area contributed by atoms with Crippen molar-refractivity contribution in [2.24, 2.45) is 0 Å². The summed E-state index contributed by atoms with van der Waals surface area (Å²) in [5, 5.41) is 0. The van der Waals surface area contributed by atoms with E-state index < -0.39 is 0 Å². The van der Waals surface area contributed by atoms with Crippen LogP contribution >= 0.6 is 0 Å². The molecule has 0 aromatic heterocycles. The minimum Gasteiger partial charge on any atom is -0.391 e. The van der Waals surface area contributed by atoms with Crippen LogP contribution in [0.5, 0.6) is 0 Å². The van der Waals surface area contributed by atoms with Crippen LogP contribution in [0.4, 0.5) is 0 Å². The van der Waals surface area contributed by atoms with E-state index in [1.165, 1.54) is 42.6 Å². The summed E-state index contributed by atoms with van der Waals surface area (Å²) in [6, 6.07) is 0. The molecule has 0 bridgehead atoms. The van der Waals surface area contributed by atoms with Crippen LogP contribution in [-0.2, 0) is 0 Å². The van der Waals surface area contributed by atoms with Gasteiger partial charge in [-0.2, -0.15) is 0 Å². The van der Waals surface area contributed by atoms with Gasteiger partial charge in [0.25, 0.3) is 0 Å². The predicted molar refractivity (Wildman–Crippen MR) is 49.0 cm³/mol. The fourth-order valence-electron chi connectivity index (χ4n) is 0.815. The number of nitrogens with zero attached hydrogens (tertiary/aromatic N) is 2. The maximum atomic E-state index is 2.48. The van der Waals surface area contributed by atoms with Crippen molar-refractivity contribution in [1.29, 1.82) is 0 Å². The Bertz CT molecular complexity index is 76.0. The van der Waals surface area contributed by atoms with Crippen molar-refractivity contribution >= 4 is 16.5 Å². The van der Waals surface area contributed by atoms with Crippen LogP contribution < -0.4 is 0 Å². The van der Waals surface area contributed by atoms with Gasteiger partial charge < -0.3 is 8.78 Å². The van der Waals surface area contributed by atoms with Crippen molar-refractivity contribution in [2.75, 3.05) is 33.7 Å². The standard InChI is InChI=1S/C7H17N2.Al.2H/c1-4-8-6-5-7-9(2)3;;;/h4-7H2,1-3H3;;;/q-1;+1;;. The molecule has 0 aromatic carbocycles. The van der Waals surface area contributed by atoms with E-state index in [4.69, 9.17) is 0 Å². The first-order valence-electron chi connectivity index (χ1n) is 4.00. The van der Waals surface area contributed by atoms with Gasteiger partial charge in [0.1, 0.15) is 0 Å². The van der Waals surface area contributed by atoms with Crippen molar-refractivity contribution in [2.45, 2.75) is 13.3 Å². The lowest BCUT2D eigenvalue weighted by molar-refractivity contribution is 0.365. The summed E-state index contributed by atoms with van der Waals surface area (Å²) in [4.78, 5) is 2.24. The molecule has 0 radical (unpaired) electrons. The molecular weight excluding hydrogens is 139 g/mol. The quantitative estimate of drug-likeness (QED) is 0.512. The van der Waals surface area contributed by atoms with Gasteiger partial charge in [0, 0.05) is 0 Å². The minimum atomic E-state index is 1.21. The highest BCUT2D eigenvalue weighted by Crippen LogP contribution is 1.86. The van der Waals surface area contributed by atoms with E-state index in [-0.39, 0.29) is 0 Å². The van der Waals surface area contributed by atoms with Crippen LogP contribution in [0.2, 0.25) is 0 Å². The van der Waals surface area contributed by atoms with E-state index in [0.717, 1.165) is 0 Å². The zero-order chi connectivity index (χ0) is 7.98. The van der Waals surface area contributed by atoms with Crippen LogP contribution in [-0.4, -0.2) is 59.0 Å². The van der Waals surface area contributed by atoms with Gasteiger partial charge in [0.15, 0.2) is 0 Å². The Kier molecular flexibility index (Phi) is 6.46. The van der Waals surface area contributed by atoms with Crippen molar-refractivity contribution in [3.63, 3.8) is 0 Å². The van der Waals surface area contributed by atoms with E-state index >= 15 is 0 Å². The largest absolute Gasteiger partial charge is 0.391 e. The monoisotopic (exact) mass is 158 g/mol. The summed E-state index contributed by atoms with van der Waals surface area (Å²) < 4.78 is 2.48. The average Bonchev–Trinajstić information content (AvgIpc) is 1.87. The molecule has 0 atom stereocenters. The molecule has 0 aliphatic rings. The molecule has 0 fully saturated rings. The van der Waals surface area contributed by atoms with Crippen molar-refractivity contribution in [1.82, 2.24) is 8.78 Å². The van der Waals surface area contributed by atoms with E-state index in [1.54, 1.807) is 0 Å². The summed E-state index contributed by atoms with van der Waals surface area (Å²) in [5.74, 6) is 0. The average molecular weight is 158 g/mol. The Balaban J connectivity index is 3.03. The van der Waals surface area contributed by atoms with Crippen molar-refractivity contribution in [3.05, 3.63) is 0 Å². The molecule has 0 heterocycles. The van der Waals surface area contributed by atoms with E-state index in [1.807, 2.05) is 0 Å². The molecule has 0 amide bonds. The Labute approximate surface area is 72.8 Å². The number of hydrogen-bond acceptors (Lipinski definition) is 2. The second-order valence-corrected chi connectivity index (χ2v) is 4.32. The zero-order valence-electron chi connectivity index (χ0n) is 7.72. The normalized spacial score (nSPS) is 11.3. The molecule has 2 nitrogen and oxygen atoms in total. The van der Waals surface area contributed by atoms with Crippen LogP contribution in [0.15, 0.2) is 0 Å². The molecule has 0 saturated heterocycles. The van der Waals surface area contributed by atoms with Gasteiger partial charge in [-0.3, -0.25) is 0 Å². The summed E-state index contributed by atoms with van der Waals surface area (Å²) in [6.07, 6.45) is 1.31. The second kappa shape index (κ2) is 6.18. The van der Waals surface area contributed by atoms with Crippen molar-refractivity contribution in [3.8, 4) is 0 Å². The Morgan fingerprint density at radius 3 is 2.20 bits per heavy atom. The highest BCUT2D eigenvalue weighted by atomic mass is 27.1. The second-order valence-electron chi connectivity index (χ2n) is 3.05. The SMILES string of the molecule is CC[N]([AlH2])CCCN(C)C. The lowest BCUT2D eigenvalue weighted by atomic mass is 10.4. The Morgan fingerprint density at radius 2 is 1.80 bits per heavy atom. The molecule has 0 aliphatic carbocycles. The molecule has 10 heavy (non-hydrogen) atoms. The predicted octanol–water partition coefficient (Wildman–Crippen LogP) is -0.192. The Hall–Kier alpha value is 0.452. The molecule has 0 aromatic rings. The van der Waals surface area contributed by atoms with Gasteiger partial charge >= 0.3 is 16.5 Å². The van der Waals surface area contributed by atoms with E-state index in [0.29, 0.717) is 0 Å². The molecule has 0 rings (SSSR count). The van der Waals surface area contributed by atoms with Crippen LogP contribution in [0.3, 0.4) is 0 Å². The first kappa shape index (κ1) is 10.5. The molecule has 0 spiro atoms. The summed E-state index contributed by atoms with van der Waals surface area (Å²) in [6.45, 7) is 5.95. The fraction of sp³-hybridized carbons (Fsp3) is 1.00. The number of hydrogen-bond donors (Lipinski definition) is 0. The third-order valence-corrected chi connectivity index (χ3v) is 2.76. The molecular formula is C7H19AlN2. The maximum absolute atomic E-state index is 2.48. The third-order valence-electron chi connectivity index (χ3n) is 1.68. The van der Waals surface area contributed by atoms with Gasteiger partial charge in [-0.25, -0.2) is 0 Å². The minimum absolute atomic E-state index is 1.21. The topological polar surface area (TPSA) is 6.48 Å². The molecule has 0 unspecified atom stereocenters. The zero-order valence-corrected chi connectivity index (χ0v) is 9.72. The maximum Gasteiger partial charge on any atom is 0.321 e. The molecule has 0 N–H and O–H groups in total. The Morgan fingerprint density at radius 1 is 1.20 bits per heavy atom. The summed E-state index contributed by atoms with van der Waals surface area (Å²) in [7, 11) is 4.26. The lowest BCUT2D eigenvalue weighted by Crippen LogP contribution is -2.24. The van der Waals surface area contributed by atoms with E-state index in [2.05, 4.69) is 29.8 Å². The summed E-state index contributed by atoms with van der Waals surface area (Å²) in [5.41, 5.74) is 0. The highest BCUT2D eigenvalue weighted by molar-refractivity contribution is 6.04.